The lowest BCUT2D eigenvalue weighted by atomic mass is 10.1. The van der Waals surface area contributed by atoms with Gasteiger partial charge in [-0.05, 0) is 29.8 Å². The van der Waals surface area contributed by atoms with Crippen molar-refractivity contribution in [1.29, 1.82) is 0 Å². The number of amides is 1. The molecule has 0 unspecified atom stereocenters. The number of halogens is 2. The normalized spacial score (nSPS) is 14.5. The van der Waals surface area contributed by atoms with Crippen LogP contribution in [0.4, 0.5) is 10.1 Å². The SMILES string of the molecule is O=C(c1cc(Br)ccc1F)N1CCNCc2ccccc21. The van der Waals surface area contributed by atoms with Crippen molar-refractivity contribution in [3.05, 3.63) is 63.9 Å². The molecule has 0 bridgehead atoms. The van der Waals surface area contributed by atoms with E-state index in [9.17, 15) is 9.18 Å². The Labute approximate surface area is 130 Å². The molecule has 0 atom stereocenters. The van der Waals surface area contributed by atoms with E-state index in [0.717, 1.165) is 11.3 Å². The Hall–Kier alpha value is -1.72. The molecule has 0 spiro atoms. The summed E-state index contributed by atoms with van der Waals surface area (Å²) >= 11 is 3.29. The number of hydrogen-bond acceptors (Lipinski definition) is 2. The van der Waals surface area contributed by atoms with Crippen LogP contribution in [0.2, 0.25) is 0 Å². The summed E-state index contributed by atoms with van der Waals surface area (Å²) < 4.78 is 14.7. The Bertz CT molecular complexity index is 690. The lowest BCUT2D eigenvalue weighted by Crippen LogP contribution is -2.35. The van der Waals surface area contributed by atoms with Gasteiger partial charge < -0.3 is 10.2 Å². The molecule has 108 valence electrons. The van der Waals surface area contributed by atoms with Crippen molar-refractivity contribution in [2.45, 2.75) is 6.54 Å². The first-order chi connectivity index (χ1) is 10.2. The Morgan fingerprint density at radius 3 is 2.90 bits per heavy atom. The van der Waals surface area contributed by atoms with E-state index in [1.54, 1.807) is 11.0 Å². The van der Waals surface area contributed by atoms with Gasteiger partial charge in [-0.1, -0.05) is 34.1 Å². The highest BCUT2D eigenvalue weighted by atomic mass is 79.9. The van der Waals surface area contributed by atoms with E-state index in [2.05, 4.69) is 21.2 Å². The minimum absolute atomic E-state index is 0.0843. The zero-order valence-corrected chi connectivity index (χ0v) is 12.9. The fourth-order valence-corrected chi connectivity index (χ4v) is 2.84. The third kappa shape index (κ3) is 2.84. The molecule has 0 saturated carbocycles. The number of anilines is 1. The third-order valence-electron chi connectivity index (χ3n) is 3.51. The lowest BCUT2D eigenvalue weighted by molar-refractivity contribution is 0.0983. The van der Waals surface area contributed by atoms with Gasteiger partial charge in [0.15, 0.2) is 0 Å². The molecule has 1 aliphatic rings. The maximum Gasteiger partial charge on any atom is 0.261 e. The second kappa shape index (κ2) is 5.95. The molecule has 0 aromatic heterocycles. The molecule has 2 aromatic carbocycles. The van der Waals surface area contributed by atoms with Gasteiger partial charge in [0.1, 0.15) is 5.82 Å². The van der Waals surface area contributed by atoms with Crippen molar-refractivity contribution in [1.82, 2.24) is 5.32 Å². The van der Waals surface area contributed by atoms with Crippen molar-refractivity contribution in [2.24, 2.45) is 0 Å². The van der Waals surface area contributed by atoms with Gasteiger partial charge in [0.25, 0.3) is 5.91 Å². The molecule has 1 aliphatic heterocycles. The first-order valence-electron chi connectivity index (χ1n) is 6.72. The molecule has 5 heteroatoms. The summed E-state index contributed by atoms with van der Waals surface area (Å²) in [6.45, 7) is 1.90. The fraction of sp³-hybridized carbons (Fsp3) is 0.188. The Morgan fingerprint density at radius 2 is 2.05 bits per heavy atom. The molecule has 0 saturated heterocycles. The van der Waals surface area contributed by atoms with Crippen LogP contribution in [0.3, 0.4) is 0 Å². The van der Waals surface area contributed by atoms with E-state index >= 15 is 0 Å². The van der Waals surface area contributed by atoms with Crippen LogP contribution in [0.15, 0.2) is 46.9 Å². The average molecular weight is 349 g/mol. The van der Waals surface area contributed by atoms with E-state index in [4.69, 9.17) is 0 Å². The van der Waals surface area contributed by atoms with Crippen LogP contribution < -0.4 is 10.2 Å². The second-order valence-corrected chi connectivity index (χ2v) is 5.80. The van der Waals surface area contributed by atoms with Gasteiger partial charge in [-0.2, -0.15) is 0 Å². The topological polar surface area (TPSA) is 32.3 Å². The molecule has 3 nitrogen and oxygen atoms in total. The third-order valence-corrected chi connectivity index (χ3v) is 4.01. The van der Waals surface area contributed by atoms with E-state index in [1.165, 1.54) is 12.1 Å². The minimum atomic E-state index is -0.502. The number of fused-ring (bicyclic) bond motifs is 1. The van der Waals surface area contributed by atoms with Crippen molar-refractivity contribution in [2.75, 3.05) is 18.0 Å². The summed E-state index contributed by atoms with van der Waals surface area (Å²) in [4.78, 5) is 14.4. The Balaban J connectivity index is 2.03. The molecule has 0 aliphatic carbocycles. The molecule has 1 heterocycles. The van der Waals surface area contributed by atoms with Crippen molar-refractivity contribution < 1.29 is 9.18 Å². The number of nitrogens with one attached hydrogen (secondary N) is 1. The molecular weight excluding hydrogens is 335 g/mol. The van der Waals surface area contributed by atoms with Crippen LogP contribution in [0, 0.1) is 5.82 Å². The molecule has 21 heavy (non-hydrogen) atoms. The molecule has 0 fully saturated rings. The van der Waals surface area contributed by atoms with Gasteiger partial charge in [-0.15, -0.1) is 0 Å². The van der Waals surface area contributed by atoms with Gasteiger partial charge in [0.2, 0.25) is 0 Å². The van der Waals surface area contributed by atoms with Crippen LogP contribution in [-0.4, -0.2) is 19.0 Å². The Morgan fingerprint density at radius 1 is 1.24 bits per heavy atom. The van der Waals surface area contributed by atoms with Gasteiger partial charge in [0.05, 0.1) is 5.56 Å². The summed E-state index contributed by atoms with van der Waals surface area (Å²) in [7, 11) is 0. The second-order valence-electron chi connectivity index (χ2n) is 4.89. The van der Waals surface area contributed by atoms with Crippen LogP contribution >= 0.6 is 15.9 Å². The highest BCUT2D eigenvalue weighted by Gasteiger charge is 2.24. The van der Waals surface area contributed by atoms with Gasteiger partial charge in [0, 0.05) is 29.8 Å². The van der Waals surface area contributed by atoms with E-state index < -0.39 is 5.82 Å². The highest BCUT2D eigenvalue weighted by Crippen LogP contribution is 2.25. The zero-order valence-electron chi connectivity index (χ0n) is 11.3. The zero-order chi connectivity index (χ0) is 14.8. The van der Waals surface area contributed by atoms with Crippen molar-refractivity contribution in [3.63, 3.8) is 0 Å². The number of benzene rings is 2. The predicted octanol–water partition coefficient (Wildman–Crippen LogP) is 3.34. The minimum Gasteiger partial charge on any atom is -0.311 e. The lowest BCUT2D eigenvalue weighted by Gasteiger charge is -2.23. The standard InChI is InChI=1S/C16H14BrFN2O/c17-12-5-6-14(18)13(9-12)16(21)20-8-7-19-10-11-3-1-2-4-15(11)20/h1-6,9,19H,7-8,10H2. The number of para-hydroxylation sites is 1. The molecule has 3 rings (SSSR count). The largest absolute Gasteiger partial charge is 0.311 e. The quantitative estimate of drug-likeness (QED) is 0.857. The van der Waals surface area contributed by atoms with E-state index in [0.29, 0.717) is 24.1 Å². The number of carbonyl (C=O) groups is 1. The van der Waals surface area contributed by atoms with Crippen molar-refractivity contribution >= 4 is 27.5 Å². The van der Waals surface area contributed by atoms with Gasteiger partial charge in [-0.3, -0.25) is 4.79 Å². The van der Waals surface area contributed by atoms with Crippen LogP contribution in [-0.2, 0) is 6.54 Å². The number of carbonyl (C=O) groups excluding carboxylic acids is 1. The van der Waals surface area contributed by atoms with Crippen LogP contribution in [0.5, 0.6) is 0 Å². The summed E-state index contributed by atoms with van der Waals surface area (Å²) in [5.74, 6) is -0.817. The van der Waals surface area contributed by atoms with E-state index in [-0.39, 0.29) is 11.5 Å². The van der Waals surface area contributed by atoms with Gasteiger partial charge >= 0.3 is 0 Å². The fourth-order valence-electron chi connectivity index (χ4n) is 2.48. The highest BCUT2D eigenvalue weighted by molar-refractivity contribution is 9.10. The number of rotatable bonds is 1. The first kappa shape index (κ1) is 14.2. The van der Waals surface area contributed by atoms with Crippen molar-refractivity contribution in [3.8, 4) is 0 Å². The summed E-state index contributed by atoms with van der Waals surface area (Å²) in [6.07, 6.45) is 0. The summed E-state index contributed by atoms with van der Waals surface area (Å²) in [5, 5.41) is 3.27. The average Bonchev–Trinajstić information content (AvgIpc) is 2.71. The predicted molar refractivity (Wildman–Crippen MR) is 83.9 cm³/mol. The smallest absolute Gasteiger partial charge is 0.261 e. The molecule has 1 amide bonds. The molecule has 1 N–H and O–H groups in total. The maximum absolute atomic E-state index is 14.0. The maximum atomic E-state index is 14.0. The van der Waals surface area contributed by atoms with Gasteiger partial charge in [-0.25, -0.2) is 4.39 Å². The summed E-state index contributed by atoms with van der Waals surface area (Å²) in [5.41, 5.74) is 1.96. The first-order valence-corrected chi connectivity index (χ1v) is 7.51. The molecular formula is C16H14BrFN2O. The Kier molecular flexibility index (Phi) is 4.03. The number of nitrogens with zero attached hydrogens (tertiary/aromatic N) is 1. The van der Waals surface area contributed by atoms with Crippen LogP contribution in [0.1, 0.15) is 15.9 Å². The van der Waals surface area contributed by atoms with Crippen LogP contribution in [0.25, 0.3) is 0 Å². The summed E-state index contributed by atoms with van der Waals surface area (Å²) in [6, 6.07) is 12.1. The molecule has 2 aromatic rings. The number of hydrogen-bond donors (Lipinski definition) is 1. The monoisotopic (exact) mass is 348 g/mol. The van der Waals surface area contributed by atoms with E-state index in [1.807, 2.05) is 24.3 Å². The molecule has 0 radical (unpaired) electrons.